The molecule has 9 heteroatoms. The first-order chi connectivity index (χ1) is 8.72. The minimum absolute atomic E-state index is 0.137. The van der Waals surface area contributed by atoms with Crippen molar-refractivity contribution in [3.05, 3.63) is 12.4 Å². The molecule has 0 aliphatic heterocycles. The second kappa shape index (κ2) is 5.68. The van der Waals surface area contributed by atoms with Gasteiger partial charge in [0.05, 0.1) is 18.3 Å². The molecule has 0 fully saturated rings. The van der Waals surface area contributed by atoms with Crippen LogP contribution in [0.4, 0.5) is 0 Å². The molecular formula is C10H17N3O5S. The van der Waals surface area contributed by atoms with Crippen molar-refractivity contribution in [1.29, 1.82) is 0 Å². The van der Waals surface area contributed by atoms with Crippen LogP contribution in [0.15, 0.2) is 17.3 Å². The van der Waals surface area contributed by atoms with Crippen LogP contribution in [0.2, 0.25) is 0 Å². The van der Waals surface area contributed by atoms with Gasteiger partial charge in [-0.1, -0.05) is 6.92 Å². The highest BCUT2D eigenvalue weighted by atomic mass is 32.2. The zero-order valence-electron chi connectivity index (χ0n) is 10.7. The van der Waals surface area contributed by atoms with Crippen LogP contribution in [-0.2, 0) is 21.4 Å². The van der Waals surface area contributed by atoms with Gasteiger partial charge in [-0.25, -0.2) is 13.1 Å². The van der Waals surface area contributed by atoms with E-state index in [4.69, 9.17) is 5.11 Å². The molecule has 19 heavy (non-hydrogen) atoms. The van der Waals surface area contributed by atoms with Crippen LogP contribution in [0.5, 0.6) is 0 Å². The topological polar surface area (TPSA) is 122 Å². The summed E-state index contributed by atoms with van der Waals surface area (Å²) in [6.07, 6.45) is 2.61. The number of hydrogen-bond donors (Lipinski definition) is 3. The van der Waals surface area contributed by atoms with Crippen molar-refractivity contribution >= 4 is 16.0 Å². The summed E-state index contributed by atoms with van der Waals surface area (Å²) in [5, 5.41) is 21.4. The maximum Gasteiger partial charge on any atom is 0.325 e. The summed E-state index contributed by atoms with van der Waals surface area (Å²) in [5.74, 6) is -1.12. The molecule has 1 aromatic heterocycles. The lowest BCUT2D eigenvalue weighted by atomic mass is 10.0. The van der Waals surface area contributed by atoms with Crippen molar-refractivity contribution in [2.24, 2.45) is 0 Å². The van der Waals surface area contributed by atoms with E-state index in [-0.39, 0.29) is 11.5 Å². The molecule has 0 spiro atoms. The highest BCUT2D eigenvalue weighted by molar-refractivity contribution is 7.89. The van der Waals surface area contributed by atoms with E-state index in [1.807, 2.05) is 0 Å². The van der Waals surface area contributed by atoms with Crippen molar-refractivity contribution in [2.45, 2.75) is 37.2 Å². The number of carbonyl (C=O) groups is 1. The zero-order valence-corrected chi connectivity index (χ0v) is 11.5. The number of sulfonamides is 1. The van der Waals surface area contributed by atoms with Gasteiger partial charge in [-0.15, -0.1) is 0 Å². The third-order valence-corrected chi connectivity index (χ3v) is 4.32. The van der Waals surface area contributed by atoms with Gasteiger partial charge >= 0.3 is 5.97 Å². The number of aromatic nitrogens is 2. The van der Waals surface area contributed by atoms with E-state index in [2.05, 4.69) is 9.82 Å². The van der Waals surface area contributed by atoms with Crippen LogP contribution >= 0.6 is 0 Å². The van der Waals surface area contributed by atoms with Crippen molar-refractivity contribution in [3.63, 3.8) is 0 Å². The Morgan fingerprint density at radius 2 is 2.21 bits per heavy atom. The Morgan fingerprint density at radius 3 is 2.68 bits per heavy atom. The molecule has 1 atom stereocenters. The Bertz CT molecular complexity index is 547. The molecule has 1 aromatic rings. The highest BCUT2D eigenvalue weighted by Crippen LogP contribution is 2.15. The summed E-state index contributed by atoms with van der Waals surface area (Å²) >= 11 is 0. The van der Waals surface area contributed by atoms with Crippen molar-refractivity contribution in [3.8, 4) is 0 Å². The quantitative estimate of drug-likeness (QED) is 0.617. The van der Waals surface area contributed by atoms with Gasteiger partial charge in [0.15, 0.2) is 0 Å². The summed E-state index contributed by atoms with van der Waals surface area (Å²) in [4.78, 5) is 10.4. The average molecular weight is 291 g/mol. The van der Waals surface area contributed by atoms with Crippen LogP contribution in [0, 0.1) is 0 Å². The Kier molecular flexibility index (Phi) is 4.66. The molecule has 0 aromatic carbocycles. The summed E-state index contributed by atoms with van der Waals surface area (Å²) < 4.78 is 27.5. The monoisotopic (exact) mass is 291 g/mol. The molecule has 1 unspecified atom stereocenters. The molecule has 0 bridgehead atoms. The molecule has 0 saturated heterocycles. The Labute approximate surface area is 111 Å². The first kappa shape index (κ1) is 15.6. The lowest BCUT2D eigenvalue weighted by molar-refractivity contribution is -0.137. The van der Waals surface area contributed by atoms with Gasteiger partial charge in [-0.05, 0) is 13.3 Å². The fourth-order valence-corrected chi connectivity index (χ4v) is 2.73. The Morgan fingerprint density at radius 1 is 1.58 bits per heavy atom. The molecular weight excluding hydrogens is 274 g/mol. The number of nitrogens with zero attached hydrogens (tertiary/aromatic N) is 2. The fraction of sp³-hybridized carbons (Fsp3) is 0.600. The SMILES string of the molecule is CCC(C)(CO)NS(=O)(=O)c1cnn(CC(=O)O)c1. The molecule has 8 nitrogen and oxygen atoms in total. The normalized spacial score (nSPS) is 15.1. The third-order valence-electron chi connectivity index (χ3n) is 2.73. The molecule has 0 saturated carbocycles. The minimum Gasteiger partial charge on any atom is -0.480 e. The average Bonchev–Trinajstić information content (AvgIpc) is 2.76. The van der Waals surface area contributed by atoms with Gasteiger partial charge in [-0.3, -0.25) is 9.48 Å². The van der Waals surface area contributed by atoms with Crippen LogP contribution in [0.1, 0.15) is 20.3 Å². The number of carboxylic acids is 1. The number of nitrogens with one attached hydrogen (secondary N) is 1. The largest absolute Gasteiger partial charge is 0.480 e. The summed E-state index contributed by atoms with van der Waals surface area (Å²) in [6.45, 7) is 2.56. The van der Waals surface area contributed by atoms with E-state index in [0.717, 1.165) is 17.1 Å². The van der Waals surface area contributed by atoms with Gasteiger partial charge in [0.25, 0.3) is 0 Å². The number of aliphatic hydroxyl groups excluding tert-OH is 1. The smallest absolute Gasteiger partial charge is 0.325 e. The van der Waals surface area contributed by atoms with Crippen LogP contribution in [0.3, 0.4) is 0 Å². The predicted octanol–water partition coefficient (Wildman–Crippen LogP) is -0.593. The lowest BCUT2D eigenvalue weighted by Gasteiger charge is -2.26. The lowest BCUT2D eigenvalue weighted by Crippen LogP contribution is -2.48. The van der Waals surface area contributed by atoms with Gasteiger partial charge < -0.3 is 10.2 Å². The standard InChI is InChI=1S/C10H17N3O5S/c1-3-10(2,7-14)12-19(17,18)8-4-11-13(5-8)6-9(15)16/h4-5,12,14H,3,6-7H2,1-2H3,(H,15,16). The molecule has 1 heterocycles. The van der Waals surface area contributed by atoms with E-state index in [0.29, 0.717) is 6.42 Å². The summed E-state index contributed by atoms with van der Waals surface area (Å²) in [5.41, 5.74) is -0.965. The minimum atomic E-state index is -3.84. The van der Waals surface area contributed by atoms with Crippen molar-refractivity contribution in [1.82, 2.24) is 14.5 Å². The van der Waals surface area contributed by atoms with Gasteiger partial charge in [0, 0.05) is 6.20 Å². The van der Waals surface area contributed by atoms with E-state index in [1.54, 1.807) is 13.8 Å². The van der Waals surface area contributed by atoms with Gasteiger partial charge in [-0.2, -0.15) is 5.10 Å². The Hall–Kier alpha value is -1.45. The second-order valence-electron chi connectivity index (χ2n) is 4.45. The van der Waals surface area contributed by atoms with Crippen LogP contribution < -0.4 is 4.72 Å². The summed E-state index contributed by atoms with van der Waals surface area (Å²) in [7, 11) is -3.84. The molecule has 0 amide bonds. The van der Waals surface area contributed by atoms with Crippen molar-refractivity contribution in [2.75, 3.05) is 6.61 Å². The number of aliphatic hydroxyl groups is 1. The van der Waals surface area contributed by atoms with Crippen molar-refractivity contribution < 1.29 is 23.4 Å². The molecule has 3 N–H and O–H groups in total. The predicted molar refractivity (Wildman–Crippen MR) is 66.0 cm³/mol. The highest BCUT2D eigenvalue weighted by Gasteiger charge is 2.29. The van der Waals surface area contributed by atoms with Gasteiger partial charge in [0.2, 0.25) is 10.0 Å². The third kappa shape index (κ3) is 4.01. The Balaban J connectivity index is 2.95. The van der Waals surface area contributed by atoms with Crippen LogP contribution in [0.25, 0.3) is 0 Å². The number of hydrogen-bond acceptors (Lipinski definition) is 5. The zero-order chi connectivity index (χ0) is 14.7. The van der Waals surface area contributed by atoms with E-state index in [1.165, 1.54) is 0 Å². The molecule has 1 rings (SSSR count). The first-order valence-corrected chi connectivity index (χ1v) is 7.10. The fourth-order valence-electron chi connectivity index (χ4n) is 1.31. The van der Waals surface area contributed by atoms with E-state index in [9.17, 15) is 18.3 Å². The maximum atomic E-state index is 12.0. The molecule has 0 aliphatic carbocycles. The van der Waals surface area contributed by atoms with Gasteiger partial charge in [0.1, 0.15) is 11.4 Å². The number of rotatable bonds is 7. The second-order valence-corrected chi connectivity index (χ2v) is 6.13. The van der Waals surface area contributed by atoms with E-state index >= 15 is 0 Å². The van der Waals surface area contributed by atoms with E-state index < -0.39 is 28.1 Å². The summed E-state index contributed by atoms with van der Waals surface area (Å²) in [6, 6.07) is 0. The molecule has 108 valence electrons. The molecule has 0 radical (unpaired) electrons. The van der Waals surface area contributed by atoms with Crippen LogP contribution in [-0.4, -0.2) is 46.5 Å². The first-order valence-electron chi connectivity index (χ1n) is 5.61. The molecule has 0 aliphatic rings. The number of aliphatic carboxylic acids is 1. The maximum absolute atomic E-state index is 12.0. The number of carboxylic acid groups (broad SMARTS) is 1.